The van der Waals surface area contributed by atoms with Crippen molar-refractivity contribution >= 4 is 6.21 Å². The first-order chi connectivity index (χ1) is 13.6. The van der Waals surface area contributed by atoms with Crippen molar-refractivity contribution in [3.8, 4) is 5.75 Å². The summed E-state index contributed by atoms with van der Waals surface area (Å²) in [7, 11) is 0. The standard InChI is InChI=1S/C26H31NO/c1-21-19-26(27-20-21,18-8-11-22-9-4-2-5-10-22)25(16-6-3-7-17-25)23-12-14-24(28)15-13-23/h2,4-5,9-10,12-15,19-20,28H,3,6-8,11,16-18H2,1H3. The van der Waals surface area contributed by atoms with Gasteiger partial charge in [-0.25, -0.2) is 0 Å². The number of aryl methyl sites for hydroxylation is 1. The second-order valence-electron chi connectivity index (χ2n) is 8.60. The highest BCUT2D eigenvalue weighted by Crippen LogP contribution is 2.53. The maximum Gasteiger partial charge on any atom is 0.115 e. The zero-order valence-electron chi connectivity index (χ0n) is 16.9. The highest BCUT2D eigenvalue weighted by molar-refractivity contribution is 5.82. The Morgan fingerprint density at radius 1 is 0.929 bits per heavy atom. The van der Waals surface area contributed by atoms with E-state index in [-0.39, 0.29) is 11.0 Å². The molecule has 0 amide bonds. The second-order valence-corrected chi connectivity index (χ2v) is 8.60. The molecule has 0 radical (unpaired) electrons. The van der Waals surface area contributed by atoms with Crippen LogP contribution in [0.1, 0.15) is 63.0 Å². The minimum absolute atomic E-state index is 0.0316. The third kappa shape index (κ3) is 3.53. The molecule has 0 bridgehead atoms. The molecular weight excluding hydrogens is 342 g/mol. The fourth-order valence-electron chi connectivity index (χ4n) is 5.42. The maximum absolute atomic E-state index is 9.84. The van der Waals surface area contributed by atoms with Crippen LogP contribution in [0.15, 0.2) is 71.2 Å². The number of phenols is 1. The SMILES string of the molecule is CC1=CC(CCCc2ccccc2)(C2(c3ccc(O)cc3)CCCCC2)N=C1. The van der Waals surface area contributed by atoms with Crippen molar-refractivity contribution in [2.75, 3.05) is 0 Å². The van der Waals surface area contributed by atoms with Gasteiger partial charge < -0.3 is 5.11 Å². The summed E-state index contributed by atoms with van der Waals surface area (Å²) in [6, 6.07) is 18.7. The predicted octanol–water partition coefficient (Wildman–Crippen LogP) is 6.39. The van der Waals surface area contributed by atoms with Gasteiger partial charge in [0.25, 0.3) is 0 Å². The number of hydrogen-bond donors (Lipinski definition) is 1. The van der Waals surface area contributed by atoms with Crippen LogP contribution in [0.3, 0.4) is 0 Å². The number of hydrogen-bond acceptors (Lipinski definition) is 2. The lowest BCUT2D eigenvalue weighted by Crippen LogP contribution is -2.49. The fourth-order valence-corrected chi connectivity index (χ4v) is 5.42. The molecule has 2 aromatic rings. The van der Waals surface area contributed by atoms with Crippen LogP contribution in [0, 0.1) is 0 Å². The molecule has 146 valence electrons. The summed E-state index contributed by atoms with van der Waals surface area (Å²) in [5, 5.41) is 9.84. The van der Waals surface area contributed by atoms with Gasteiger partial charge in [-0.05, 0) is 67.9 Å². The third-order valence-electron chi connectivity index (χ3n) is 6.79. The molecule has 0 spiro atoms. The second kappa shape index (κ2) is 7.95. The first-order valence-corrected chi connectivity index (χ1v) is 10.7. The first kappa shape index (κ1) is 19.0. The van der Waals surface area contributed by atoms with Gasteiger partial charge in [0.15, 0.2) is 0 Å². The molecule has 2 heteroatoms. The van der Waals surface area contributed by atoms with Gasteiger partial charge in [0.2, 0.25) is 0 Å². The normalized spacial score (nSPS) is 23.5. The van der Waals surface area contributed by atoms with E-state index in [0.29, 0.717) is 5.75 Å². The largest absolute Gasteiger partial charge is 0.508 e. The van der Waals surface area contributed by atoms with Crippen LogP contribution in [-0.4, -0.2) is 16.9 Å². The minimum atomic E-state index is -0.163. The molecule has 1 heterocycles. The average Bonchev–Trinajstić information content (AvgIpc) is 3.12. The molecule has 2 aromatic carbocycles. The summed E-state index contributed by atoms with van der Waals surface area (Å²) in [6.45, 7) is 2.18. The van der Waals surface area contributed by atoms with E-state index in [4.69, 9.17) is 4.99 Å². The topological polar surface area (TPSA) is 32.6 Å². The molecule has 1 aliphatic carbocycles. The fraction of sp³-hybridized carbons (Fsp3) is 0.423. The van der Waals surface area contributed by atoms with Gasteiger partial charge in [0, 0.05) is 11.6 Å². The molecule has 1 fully saturated rings. The zero-order chi connectivity index (χ0) is 19.5. The monoisotopic (exact) mass is 373 g/mol. The van der Waals surface area contributed by atoms with E-state index in [1.807, 2.05) is 12.1 Å². The van der Waals surface area contributed by atoms with E-state index in [1.165, 1.54) is 48.8 Å². The quantitative estimate of drug-likeness (QED) is 0.625. The number of aromatic hydroxyl groups is 1. The molecule has 4 rings (SSSR count). The van der Waals surface area contributed by atoms with Gasteiger partial charge in [0.1, 0.15) is 5.75 Å². The van der Waals surface area contributed by atoms with Crippen LogP contribution in [0.25, 0.3) is 0 Å². The van der Waals surface area contributed by atoms with E-state index in [9.17, 15) is 5.11 Å². The highest BCUT2D eigenvalue weighted by Gasteiger charge is 2.51. The van der Waals surface area contributed by atoms with Crippen LogP contribution in [0.2, 0.25) is 0 Å². The Hall–Kier alpha value is -2.35. The summed E-state index contributed by atoms with van der Waals surface area (Å²) in [6.07, 6.45) is 14.0. The molecule has 2 aliphatic rings. The Kier molecular flexibility index (Phi) is 5.39. The van der Waals surface area contributed by atoms with E-state index >= 15 is 0 Å². The van der Waals surface area contributed by atoms with E-state index in [1.54, 1.807) is 0 Å². The lowest BCUT2D eigenvalue weighted by Gasteiger charge is -2.49. The summed E-state index contributed by atoms with van der Waals surface area (Å²) in [5.74, 6) is 0.342. The van der Waals surface area contributed by atoms with E-state index in [0.717, 1.165) is 19.3 Å². The van der Waals surface area contributed by atoms with Crippen molar-refractivity contribution in [1.82, 2.24) is 0 Å². The molecular formula is C26H31NO. The molecule has 2 nitrogen and oxygen atoms in total. The van der Waals surface area contributed by atoms with Gasteiger partial charge in [-0.3, -0.25) is 4.99 Å². The van der Waals surface area contributed by atoms with Gasteiger partial charge in [0.05, 0.1) is 5.54 Å². The molecule has 0 aromatic heterocycles. The minimum Gasteiger partial charge on any atom is -0.508 e. The average molecular weight is 374 g/mol. The molecule has 1 N–H and O–H groups in total. The molecule has 28 heavy (non-hydrogen) atoms. The molecule has 1 saturated carbocycles. The van der Waals surface area contributed by atoms with Gasteiger partial charge in [-0.1, -0.05) is 67.8 Å². The van der Waals surface area contributed by atoms with Crippen molar-refractivity contribution in [1.29, 1.82) is 0 Å². The predicted molar refractivity (Wildman–Crippen MR) is 117 cm³/mol. The lowest BCUT2D eigenvalue weighted by molar-refractivity contribution is 0.182. The zero-order valence-corrected chi connectivity index (χ0v) is 16.9. The van der Waals surface area contributed by atoms with Crippen LogP contribution < -0.4 is 0 Å². The van der Waals surface area contributed by atoms with Crippen molar-refractivity contribution in [2.24, 2.45) is 4.99 Å². The van der Waals surface area contributed by atoms with Crippen molar-refractivity contribution < 1.29 is 5.11 Å². The van der Waals surface area contributed by atoms with Crippen LogP contribution in [0.4, 0.5) is 0 Å². The number of phenolic OH excluding ortho intramolecular Hbond substituents is 1. The summed E-state index contributed by atoms with van der Waals surface area (Å²) < 4.78 is 0. The van der Waals surface area contributed by atoms with Crippen molar-refractivity contribution in [3.05, 3.63) is 77.4 Å². The van der Waals surface area contributed by atoms with Gasteiger partial charge in [-0.15, -0.1) is 0 Å². The number of nitrogens with zero attached hydrogens (tertiary/aromatic N) is 1. The van der Waals surface area contributed by atoms with Crippen molar-refractivity contribution in [3.63, 3.8) is 0 Å². The Balaban J connectivity index is 1.67. The molecule has 1 atom stereocenters. The molecule has 1 aliphatic heterocycles. The number of rotatable bonds is 6. The van der Waals surface area contributed by atoms with Gasteiger partial charge in [-0.2, -0.15) is 0 Å². The number of benzene rings is 2. The third-order valence-corrected chi connectivity index (χ3v) is 6.79. The molecule has 0 saturated heterocycles. The Morgan fingerprint density at radius 3 is 2.29 bits per heavy atom. The summed E-state index contributed by atoms with van der Waals surface area (Å²) in [4.78, 5) is 5.19. The summed E-state index contributed by atoms with van der Waals surface area (Å²) >= 11 is 0. The molecule has 1 unspecified atom stereocenters. The Labute approximate surface area is 169 Å². The number of allylic oxidation sites excluding steroid dienone is 1. The van der Waals surface area contributed by atoms with E-state index < -0.39 is 0 Å². The van der Waals surface area contributed by atoms with Crippen LogP contribution in [-0.2, 0) is 11.8 Å². The van der Waals surface area contributed by atoms with Crippen LogP contribution >= 0.6 is 0 Å². The lowest BCUT2D eigenvalue weighted by atomic mass is 9.57. The van der Waals surface area contributed by atoms with Crippen molar-refractivity contribution in [2.45, 2.75) is 69.2 Å². The van der Waals surface area contributed by atoms with Gasteiger partial charge >= 0.3 is 0 Å². The highest BCUT2D eigenvalue weighted by atomic mass is 16.3. The Morgan fingerprint density at radius 2 is 1.64 bits per heavy atom. The first-order valence-electron chi connectivity index (χ1n) is 10.7. The van der Waals surface area contributed by atoms with E-state index in [2.05, 4.69) is 61.7 Å². The summed E-state index contributed by atoms with van der Waals surface area (Å²) in [5.41, 5.74) is 3.89. The Bertz CT molecular complexity index is 844. The maximum atomic E-state index is 9.84. The van der Waals surface area contributed by atoms with Crippen LogP contribution in [0.5, 0.6) is 5.75 Å². The smallest absolute Gasteiger partial charge is 0.115 e. The number of aliphatic imine (C=N–C) groups is 1.